The molecule has 0 amide bonds. The van der Waals surface area contributed by atoms with Crippen LogP contribution in [0.2, 0.25) is 0 Å². The second-order valence-corrected chi connectivity index (χ2v) is 13.1. The Labute approximate surface area is 189 Å². The van der Waals surface area contributed by atoms with Gasteiger partial charge in [0.15, 0.2) is 0 Å². The van der Waals surface area contributed by atoms with Gasteiger partial charge in [-0.05, 0) is 56.8 Å². The molecule has 32 heavy (non-hydrogen) atoms. The van der Waals surface area contributed by atoms with Crippen LogP contribution in [0.4, 0.5) is 0 Å². The maximum absolute atomic E-state index is 12.6. The van der Waals surface area contributed by atoms with Gasteiger partial charge in [-0.3, -0.25) is 18.0 Å². The first-order valence-corrected chi connectivity index (χ1v) is 14.3. The molecule has 12 heteroatoms. The minimum Gasteiger partial charge on any atom is -0.466 e. The minimum atomic E-state index is -3.70. The van der Waals surface area contributed by atoms with Crippen molar-refractivity contribution in [2.75, 3.05) is 38.9 Å². The third-order valence-electron chi connectivity index (χ3n) is 6.93. The van der Waals surface area contributed by atoms with Crippen LogP contribution >= 0.6 is 0 Å². The predicted molar refractivity (Wildman–Crippen MR) is 112 cm³/mol. The van der Waals surface area contributed by atoms with E-state index in [4.69, 9.17) is 17.8 Å². The van der Waals surface area contributed by atoms with E-state index in [2.05, 4.69) is 0 Å². The number of hydrogen-bond acceptors (Lipinski definition) is 10. The molecule has 3 aliphatic rings. The van der Waals surface area contributed by atoms with Gasteiger partial charge in [-0.15, -0.1) is 0 Å². The highest BCUT2D eigenvalue weighted by Crippen LogP contribution is 2.77. The molecule has 0 aliphatic heterocycles. The summed E-state index contributed by atoms with van der Waals surface area (Å²) in [6.07, 6.45) is 4.83. The zero-order valence-corrected chi connectivity index (χ0v) is 20.6. The topological polar surface area (TPSA) is 139 Å². The van der Waals surface area contributed by atoms with Gasteiger partial charge in [0.2, 0.25) is 0 Å². The molecular formula is C20H32O10S2. The fourth-order valence-electron chi connectivity index (χ4n) is 6.37. The lowest BCUT2D eigenvalue weighted by atomic mass is 9.31. The summed E-state index contributed by atoms with van der Waals surface area (Å²) >= 11 is 0. The van der Waals surface area contributed by atoms with Crippen molar-refractivity contribution in [3.05, 3.63) is 0 Å². The second kappa shape index (κ2) is 8.52. The van der Waals surface area contributed by atoms with E-state index in [1.807, 2.05) is 0 Å². The van der Waals surface area contributed by atoms with Gasteiger partial charge < -0.3 is 9.47 Å². The first-order valence-electron chi connectivity index (χ1n) is 10.7. The van der Waals surface area contributed by atoms with Gasteiger partial charge in [0.1, 0.15) is 0 Å². The molecule has 3 aliphatic carbocycles. The van der Waals surface area contributed by atoms with E-state index in [9.17, 15) is 26.4 Å². The second-order valence-electron chi connectivity index (χ2n) is 9.79. The van der Waals surface area contributed by atoms with Crippen LogP contribution in [0.15, 0.2) is 0 Å². The van der Waals surface area contributed by atoms with E-state index in [1.165, 1.54) is 0 Å². The van der Waals surface area contributed by atoms with Crippen LogP contribution in [0.1, 0.15) is 46.0 Å². The molecule has 0 bridgehead atoms. The van der Waals surface area contributed by atoms with E-state index in [-0.39, 0.29) is 43.2 Å². The molecule has 0 aromatic carbocycles. The molecule has 2 spiro atoms. The van der Waals surface area contributed by atoms with E-state index >= 15 is 0 Å². The summed E-state index contributed by atoms with van der Waals surface area (Å²) in [4.78, 5) is 24.9. The monoisotopic (exact) mass is 496 g/mol. The third-order valence-corrected chi connectivity index (χ3v) is 8.02. The van der Waals surface area contributed by atoms with Gasteiger partial charge in [0, 0.05) is 5.41 Å². The van der Waals surface area contributed by atoms with Gasteiger partial charge in [-0.1, -0.05) is 0 Å². The Morgan fingerprint density at radius 2 is 1.28 bits per heavy atom. The van der Waals surface area contributed by atoms with Crippen LogP contribution in [0, 0.1) is 28.1 Å². The highest BCUT2D eigenvalue weighted by atomic mass is 32.2. The molecule has 0 N–H and O–H groups in total. The van der Waals surface area contributed by atoms with Crippen molar-refractivity contribution in [2.45, 2.75) is 46.0 Å². The maximum atomic E-state index is 12.6. The fraction of sp³-hybridized carbons (Fsp3) is 0.900. The quantitative estimate of drug-likeness (QED) is 0.321. The molecule has 0 aromatic heterocycles. The van der Waals surface area contributed by atoms with Crippen molar-refractivity contribution in [2.24, 2.45) is 28.1 Å². The largest absolute Gasteiger partial charge is 0.466 e. The predicted octanol–water partition coefficient (Wildman–Crippen LogP) is 1.25. The fourth-order valence-corrected chi connectivity index (χ4v) is 7.30. The van der Waals surface area contributed by atoms with Crippen LogP contribution in [0.3, 0.4) is 0 Å². The summed E-state index contributed by atoms with van der Waals surface area (Å²) in [6.45, 7) is 3.57. The normalized spacial score (nSPS) is 27.1. The Morgan fingerprint density at radius 1 is 0.812 bits per heavy atom. The van der Waals surface area contributed by atoms with Crippen LogP contribution < -0.4 is 0 Å². The van der Waals surface area contributed by atoms with E-state index < -0.39 is 43.5 Å². The Bertz CT molecular complexity index is 916. The average Bonchev–Trinajstić information content (AvgIpc) is 2.56. The molecule has 0 heterocycles. The maximum Gasteiger partial charge on any atom is 0.310 e. The lowest BCUT2D eigenvalue weighted by Gasteiger charge is -2.72. The molecule has 2 unspecified atom stereocenters. The number of hydrogen-bond donors (Lipinski definition) is 0. The number of carbonyl (C=O) groups is 2. The van der Waals surface area contributed by atoms with Crippen molar-refractivity contribution < 1.29 is 44.3 Å². The van der Waals surface area contributed by atoms with E-state index in [1.54, 1.807) is 13.8 Å². The summed E-state index contributed by atoms with van der Waals surface area (Å²) in [5.41, 5.74) is -1.24. The molecule has 184 valence electrons. The zero-order valence-electron chi connectivity index (χ0n) is 18.9. The third kappa shape index (κ3) is 5.13. The van der Waals surface area contributed by atoms with Crippen LogP contribution in [0.25, 0.3) is 0 Å². The zero-order chi connectivity index (χ0) is 24.0. The van der Waals surface area contributed by atoms with Gasteiger partial charge >= 0.3 is 11.9 Å². The van der Waals surface area contributed by atoms with Crippen LogP contribution in [-0.4, -0.2) is 67.7 Å². The lowest BCUT2D eigenvalue weighted by Crippen LogP contribution is -2.69. The number of rotatable bonds is 10. The molecule has 3 fully saturated rings. The first-order chi connectivity index (χ1) is 14.7. The SMILES string of the molecule is CCOC(=O)C1CC2(CC3(CC(COS(C)(=O)=O)(COS(C)(=O)=O)C3)C2)C1C(=O)OCC. The molecular weight excluding hydrogens is 464 g/mol. The van der Waals surface area contributed by atoms with Crippen molar-refractivity contribution in [1.82, 2.24) is 0 Å². The molecule has 0 aromatic rings. The van der Waals surface area contributed by atoms with Crippen molar-refractivity contribution in [3.8, 4) is 0 Å². The van der Waals surface area contributed by atoms with Crippen molar-refractivity contribution in [1.29, 1.82) is 0 Å². The summed E-state index contributed by atoms with van der Waals surface area (Å²) in [5.74, 6) is -1.85. The van der Waals surface area contributed by atoms with E-state index in [0.29, 0.717) is 32.1 Å². The highest BCUT2D eigenvalue weighted by molar-refractivity contribution is 7.86. The van der Waals surface area contributed by atoms with E-state index in [0.717, 1.165) is 12.5 Å². The molecule has 2 atom stereocenters. The summed E-state index contributed by atoms with van der Waals surface area (Å²) in [6, 6.07) is 0. The molecule has 3 saturated carbocycles. The molecule has 3 rings (SSSR count). The average molecular weight is 497 g/mol. The number of ether oxygens (including phenoxy) is 2. The smallest absolute Gasteiger partial charge is 0.310 e. The standard InChI is InChI=1S/C20H32O10S2/c1-5-27-16(21)14-7-20(15(14)17(22)28-6-2)10-18(11-20)8-19(9-18,12-29-31(3,23)24)13-30-32(4,25)26/h14-15H,5-13H2,1-4H3. The van der Waals surface area contributed by atoms with Crippen LogP contribution in [-0.2, 0) is 47.7 Å². The summed E-state index contributed by atoms with van der Waals surface area (Å²) < 4.78 is 66.2. The number of carbonyl (C=O) groups excluding carboxylic acids is 2. The van der Waals surface area contributed by atoms with Gasteiger partial charge in [0.25, 0.3) is 20.2 Å². The Balaban J connectivity index is 1.69. The van der Waals surface area contributed by atoms with Gasteiger partial charge in [-0.2, -0.15) is 16.8 Å². The molecule has 10 nitrogen and oxygen atoms in total. The highest BCUT2D eigenvalue weighted by Gasteiger charge is 2.74. The molecule has 0 saturated heterocycles. The number of esters is 2. The van der Waals surface area contributed by atoms with Crippen LogP contribution in [0.5, 0.6) is 0 Å². The lowest BCUT2D eigenvalue weighted by molar-refractivity contribution is -0.256. The van der Waals surface area contributed by atoms with Gasteiger partial charge in [0.05, 0.1) is 50.8 Å². The first kappa shape index (κ1) is 25.4. The Kier molecular flexibility index (Phi) is 6.76. The van der Waals surface area contributed by atoms with Crippen molar-refractivity contribution in [3.63, 3.8) is 0 Å². The van der Waals surface area contributed by atoms with Crippen molar-refractivity contribution >= 4 is 32.2 Å². The van der Waals surface area contributed by atoms with Gasteiger partial charge in [-0.25, -0.2) is 0 Å². The Hall–Kier alpha value is -1.24. The molecule has 0 radical (unpaired) electrons. The summed E-state index contributed by atoms with van der Waals surface area (Å²) in [5, 5.41) is 0. The summed E-state index contributed by atoms with van der Waals surface area (Å²) in [7, 11) is -7.39. The minimum absolute atomic E-state index is 0.161. The Morgan fingerprint density at radius 3 is 1.72 bits per heavy atom.